The summed E-state index contributed by atoms with van der Waals surface area (Å²) in [6.07, 6.45) is 1.57. The van der Waals surface area contributed by atoms with E-state index in [2.05, 4.69) is 11.8 Å². The molecule has 0 aromatic rings. The van der Waals surface area contributed by atoms with Crippen LogP contribution in [0.1, 0.15) is 26.7 Å². The van der Waals surface area contributed by atoms with Crippen LogP contribution >= 0.6 is 0 Å². The van der Waals surface area contributed by atoms with E-state index in [1.807, 2.05) is 6.92 Å². The number of likely N-dealkylation sites (tertiary alicyclic amines) is 1. The fourth-order valence-corrected chi connectivity index (χ4v) is 4.77. The van der Waals surface area contributed by atoms with Crippen LogP contribution in [-0.4, -0.2) is 81.1 Å². The highest BCUT2D eigenvalue weighted by Crippen LogP contribution is 2.25. The van der Waals surface area contributed by atoms with Gasteiger partial charge in [-0.3, -0.25) is 9.69 Å². The van der Waals surface area contributed by atoms with E-state index in [0.717, 1.165) is 32.7 Å². The molecular weight excluding hydrogens is 304 g/mol. The maximum Gasteiger partial charge on any atom is 0.237 e. The molecule has 0 aliphatic carbocycles. The van der Waals surface area contributed by atoms with Crippen LogP contribution in [0.25, 0.3) is 0 Å². The van der Waals surface area contributed by atoms with Crippen molar-refractivity contribution in [3.8, 4) is 0 Å². The molecule has 0 spiro atoms. The summed E-state index contributed by atoms with van der Waals surface area (Å²) in [5.41, 5.74) is 0. The molecule has 2 rings (SSSR count). The maximum absolute atomic E-state index is 12.3. The van der Waals surface area contributed by atoms with E-state index in [4.69, 9.17) is 4.74 Å². The van der Waals surface area contributed by atoms with Gasteiger partial charge in [0.2, 0.25) is 5.91 Å². The predicted octanol–water partition coefficient (Wildman–Crippen LogP) is 0.380. The molecule has 2 saturated heterocycles. The Balaban J connectivity index is 1.97. The summed E-state index contributed by atoms with van der Waals surface area (Å²) < 4.78 is 29.1. The number of amides is 1. The molecule has 0 aromatic carbocycles. The van der Waals surface area contributed by atoms with Gasteiger partial charge >= 0.3 is 0 Å². The van der Waals surface area contributed by atoms with Crippen LogP contribution in [0, 0.1) is 5.92 Å². The van der Waals surface area contributed by atoms with Gasteiger partial charge in [0.1, 0.15) is 5.75 Å². The Kier molecular flexibility index (Phi) is 6.23. The van der Waals surface area contributed by atoms with Gasteiger partial charge in [0.25, 0.3) is 0 Å². The zero-order valence-electron chi connectivity index (χ0n) is 13.7. The van der Waals surface area contributed by atoms with Crippen LogP contribution < -0.4 is 0 Å². The lowest BCUT2D eigenvalue weighted by atomic mass is 9.99. The largest absolute Gasteiger partial charge is 0.379 e. The van der Waals surface area contributed by atoms with E-state index in [9.17, 15) is 13.2 Å². The van der Waals surface area contributed by atoms with Crippen LogP contribution in [-0.2, 0) is 19.4 Å². The molecule has 7 heteroatoms. The first-order valence-electron chi connectivity index (χ1n) is 8.26. The summed E-state index contributed by atoms with van der Waals surface area (Å²) in [6, 6.07) is 0.340. The van der Waals surface area contributed by atoms with Gasteiger partial charge in [-0.1, -0.05) is 20.3 Å². The quantitative estimate of drug-likeness (QED) is 0.703. The van der Waals surface area contributed by atoms with Crippen molar-refractivity contribution in [2.45, 2.75) is 32.7 Å². The van der Waals surface area contributed by atoms with E-state index >= 15 is 0 Å². The zero-order chi connectivity index (χ0) is 16.2. The van der Waals surface area contributed by atoms with Crippen molar-refractivity contribution >= 4 is 15.7 Å². The Hall–Kier alpha value is -0.660. The number of hydrogen-bond donors (Lipinski definition) is 0. The Morgan fingerprint density at radius 2 is 1.86 bits per heavy atom. The van der Waals surface area contributed by atoms with Crippen molar-refractivity contribution in [2.75, 3.05) is 50.9 Å². The van der Waals surface area contributed by atoms with Gasteiger partial charge in [0.05, 0.1) is 19.0 Å². The first-order chi connectivity index (χ1) is 10.5. The van der Waals surface area contributed by atoms with Gasteiger partial charge in [-0.15, -0.1) is 0 Å². The Morgan fingerprint density at radius 3 is 2.45 bits per heavy atom. The van der Waals surface area contributed by atoms with Crippen LogP contribution in [0.2, 0.25) is 0 Å². The number of hydrogen-bond acceptors (Lipinski definition) is 5. The minimum atomic E-state index is -3.26. The molecule has 2 fully saturated rings. The van der Waals surface area contributed by atoms with Crippen molar-refractivity contribution in [3.63, 3.8) is 0 Å². The van der Waals surface area contributed by atoms with Gasteiger partial charge in [0.15, 0.2) is 9.84 Å². The number of sulfone groups is 1. The molecule has 0 N–H and O–H groups in total. The lowest BCUT2D eigenvalue weighted by Crippen LogP contribution is -2.47. The summed E-state index contributed by atoms with van der Waals surface area (Å²) in [5, 5.41) is 0. The summed E-state index contributed by atoms with van der Waals surface area (Å²) in [7, 11) is -3.26. The van der Waals surface area contributed by atoms with E-state index in [-0.39, 0.29) is 17.4 Å². The number of nitrogens with zero attached hydrogens (tertiary/aromatic N) is 2. The van der Waals surface area contributed by atoms with E-state index in [1.54, 1.807) is 4.90 Å². The molecule has 2 aliphatic rings. The van der Waals surface area contributed by atoms with Crippen LogP contribution in [0.5, 0.6) is 0 Å². The average Bonchev–Trinajstić information content (AvgIpc) is 2.92. The Bertz CT molecular complexity index is 474. The van der Waals surface area contributed by atoms with Gasteiger partial charge < -0.3 is 9.64 Å². The number of rotatable bonds is 6. The third kappa shape index (κ3) is 4.43. The molecule has 2 aliphatic heterocycles. The fraction of sp³-hybridized carbons (Fsp3) is 0.933. The lowest BCUT2D eigenvalue weighted by Gasteiger charge is -2.34. The van der Waals surface area contributed by atoms with Crippen molar-refractivity contribution < 1.29 is 17.9 Å². The molecule has 0 bridgehead atoms. The number of morpholine rings is 1. The normalized spacial score (nSPS) is 27.3. The van der Waals surface area contributed by atoms with Crippen LogP contribution in [0.15, 0.2) is 0 Å². The average molecular weight is 332 g/mol. The molecular formula is C15H28N2O4S. The third-order valence-electron chi connectivity index (χ3n) is 4.66. The van der Waals surface area contributed by atoms with Gasteiger partial charge in [-0.25, -0.2) is 8.42 Å². The molecule has 128 valence electrons. The van der Waals surface area contributed by atoms with Crippen LogP contribution in [0.4, 0.5) is 0 Å². The zero-order valence-corrected chi connectivity index (χ0v) is 14.5. The highest BCUT2D eigenvalue weighted by atomic mass is 32.2. The summed E-state index contributed by atoms with van der Waals surface area (Å²) in [4.78, 5) is 16.5. The summed E-state index contributed by atoms with van der Waals surface area (Å²) in [6.45, 7) is 8.57. The van der Waals surface area contributed by atoms with Gasteiger partial charge in [0, 0.05) is 32.2 Å². The Labute approximate surface area is 133 Å². The molecule has 6 nitrogen and oxygen atoms in total. The lowest BCUT2D eigenvalue weighted by molar-refractivity contribution is -0.127. The molecule has 2 atom stereocenters. The smallest absolute Gasteiger partial charge is 0.237 e. The highest BCUT2D eigenvalue weighted by Gasteiger charge is 2.38. The predicted molar refractivity (Wildman–Crippen MR) is 85.5 cm³/mol. The highest BCUT2D eigenvalue weighted by molar-refractivity contribution is 7.92. The standard InChI is InChI=1S/C15H28N2O4S/c1-3-9-22(19,20)12-15(18)17-10-13(4-2)14(11-17)16-5-7-21-8-6-16/h13-14H,3-12H2,1-2H3. The SMILES string of the molecule is CCCS(=O)(=O)CC(=O)N1CC(CC)C(N2CCOCC2)C1. The number of ether oxygens (including phenoxy) is 1. The van der Waals surface area contributed by atoms with Gasteiger partial charge in [-0.05, 0) is 12.3 Å². The molecule has 2 unspecified atom stereocenters. The van der Waals surface area contributed by atoms with E-state index in [0.29, 0.717) is 31.5 Å². The topological polar surface area (TPSA) is 66.9 Å². The number of carbonyl (C=O) groups excluding carboxylic acids is 1. The second kappa shape index (κ2) is 7.75. The van der Waals surface area contributed by atoms with Crippen molar-refractivity contribution in [3.05, 3.63) is 0 Å². The first-order valence-corrected chi connectivity index (χ1v) is 10.1. The molecule has 0 aromatic heterocycles. The van der Waals surface area contributed by atoms with Crippen LogP contribution in [0.3, 0.4) is 0 Å². The number of carbonyl (C=O) groups is 1. The maximum atomic E-state index is 12.3. The van der Waals surface area contributed by atoms with Crippen molar-refractivity contribution in [1.29, 1.82) is 0 Å². The molecule has 0 radical (unpaired) electrons. The van der Waals surface area contributed by atoms with Gasteiger partial charge in [-0.2, -0.15) is 0 Å². The Morgan fingerprint density at radius 1 is 1.18 bits per heavy atom. The molecule has 1 amide bonds. The minimum Gasteiger partial charge on any atom is -0.379 e. The molecule has 2 heterocycles. The molecule has 0 saturated carbocycles. The van der Waals surface area contributed by atoms with Crippen molar-refractivity contribution in [2.24, 2.45) is 5.92 Å². The second-order valence-electron chi connectivity index (χ2n) is 6.27. The third-order valence-corrected chi connectivity index (χ3v) is 6.37. The summed E-state index contributed by atoms with van der Waals surface area (Å²) in [5.74, 6) is -0.0531. The minimum absolute atomic E-state index is 0.0939. The fourth-order valence-electron chi connectivity index (χ4n) is 3.44. The van der Waals surface area contributed by atoms with Crippen molar-refractivity contribution in [1.82, 2.24) is 9.80 Å². The first kappa shape index (κ1) is 17.7. The molecule has 22 heavy (non-hydrogen) atoms. The monoisotopic (exact) mass is 332 g/mol. The summed E-state index contributed by atoms with van der Waals surface area (Å²) >= 11 is 0. The van der Waals surface area contributed by atoms with E-state index in [1.165, 1.54) is 0 Å². The second-order valence-corrected chi connectivity index (χ2v) is 8.46. The van der Waals surface area contributed by atoms with E-state index < -0.39 is 9.84 Å².